The predicted molar refractivity (Wildman–Crippen MR) is 87.9 cm³/mol. The van der Waals surface area contributed by atoms with E-state index >= 15 is 0 Å². The highest BCUT2D eigenvalue weighted by Crippen LogP contribution is 2.57. The Bertz CT molecular complexity index is 843. The van der Waals surface area contributed by atoms with E-state index in [1.807, 2.05) is 30.3 Å². The molecule has 0 saturated heterocycles. The van der Waals surface area contributed by atoms with Crippen molar-refractivity contribution < 1.29 is 4.79 Å². The largest absolute Gasteiger partial charge is 0.299 e. The molecule has 8 heteroatoms. The minimum atomic E-state index is -1.95. The van der Waals surface area contributed by atoms with Crippen LogP contribution in [0.15, 0.2) is 10.2 Å². The quantitative estimate of drug-likeness (QED) is 0.715. The van der Waals surface area contributed by atoms with Gasteiger partial charge in [0.2, 0.25) is 11.1 Å². The molecule has 8 nitrogen and oxygen atoms in total. The lowest BCUT2D eigenvalue weighted by molar-refractivity contribution is -0.138. The van der Waals surface area contributed by atoms with Gasteiger partial charge in [-0.25, -0.2) is 0 Å². The summed E-state index contributed by atoms with van der Waals surface area (Å²) in [4.78, 5) is 13.3. The van der Waals surface area contributed by atoms with Crippen molar-refractivity contribution in [3.63, 3.8) is 0 Å². The summed E-state index contributed by atoms with van der Waals surface area (Å²) < 4.78 is 0. The van der Waals surface area contributed by atoms with Crippen LogP contribution in [0.4, 0.5) is 0 Å². The number of hydrogen-bond acceptors (Lipinski definition) is 8. The Morgan fingerprint density at radius 2 is 1.31 bits per heavy atom. The normalized spacial score (nSPS) is 16.8. The van der Waals surface area contributed by atoms with Crippen LogP contribution in [0, 0.1) is 84.2 Å². The molecule has 0 N–H and O–H groups in total. The maximum Gasteiger partial charge on any atom is 0.220 e. The smallest absolute Gasteiger partial charge is 0.220 e. The molecule has 0 fully saturated rings. The third-order valence-electron chi connectivity index (χ3n) is 5.66. The number of ketones is 1. The highest BCUT2D eigenvalue weighted by atomic mass is 16.1. The number of Topliss-reactive ketones (excluding diaryl/α,β-unsaturated/α-hetero) is 1. The number of rotatable bonds is 6. The summed E-state index contributed by atoms with van der Waals surface area (Å²) >= 11 is 0. The Morgan fingerprint density at radius 1 is 0.885 bits per heavy atom. The van der Waals surface area contributed by atoms with Crippen molar-refractivity contribution in [3.05, 3.63) is 0 Å². The zero-order valence-corrected chi connectivity index (χ0v) is 15.6. The van der Waals surface area contributed by atoms with Gasteiger partial charge in [0.25, 0.3) is 0 Å². The summed E-state index contributed by atoms with van der Waals surface area (Å²) in [7, 11) is 0. The lowest BCUT2D eigenvalue weighted by Gasteiger charge is -2.42. The van der Waals surface area contributed by atoms with Crippen molar-refractivity contribution in [2.75, 3.05) is 0 Å². The summed E-state index contributed by atoms with van der Waals surface area (Å²) in [6.07, 6.45) is 0. The Kier molecular flexibility index (Phi) is 4.72. The van der Waals surface area contributed by atoms with Gasteiger partial charge >= 0.3 is 0 Å². The first-order valence-electron chi connectivity index (χ1n) is 7.87. The van der Waals surface area contributed by atoms with E-state index in [9.17, 15) is 31.1 Å². The molecular formula is C18H19N7O. The van der Waals surface area contributed by atoms with Gasteiger partial charge in [-0.05, 0) is 20.8 Å². The Morgan fingerprint density at radius 3 is 1.58 bits per heavy atom. The van der Waals surface area contributed by atoms with Crippen molar-refractivity contribution in [2.24, 2.45) is 37.8 Å². The maximum atomic E-state index is 13.3. The third-order valence-corrected chi connectivity index (χ3v) is 5.66. The molecule has 26 heavy (non-hydrogen) atoms. The molecule has 1 rings (SSSR count). The Labute approximate surface area is 153 Å². The zero-order chi connectivity index (χ0) is 20.6. The molecule has 0 radical (unpaired) electrons. The first-order chi connectivity index (χ1) is 11.8. The highest BCUT2D eigenvalue weighted by Gasteiger charge is 2.69. The number of nitriles is 5. The van der Waals surface area contributed by atoms with E-state index in [-0.39, 0.29) is 0 Å². The van der Waals surface area contributed by atoms with Crippen molar-refractivity contribution in [1.82, 2.24) is 0 Å². The van der Waals surface area contributed by atoms with Gasteiger partial charge in [0.15, 0.2) is 5.41 Å². The van der Waals surface area contributed by atoms with Gasteiger partial charge in [-0.2, -0.15) is 36.5 Å². The Hall–Kier alpha value is -3.28. The van der Waals surface area contributed by atoms with Gasteiger partial charge in [0.1, 0.15) is 5.78 Å². The van der Waals surface area contributed by atoms with Crippen LogP contribution in [0.5, 0.6) is 0 Å². The predicted octanol–water partition coefficient (Wildman–Crippen LogP) is 3.02. The minimum absolute atomic E-state index is 0.648. The van der Waals surface area contributed by atoms with Crippen LogP contribution in [0.25, 0.3) is 0 Å². The van der Waals surface area contributed by atoms with Gasteiger partial charge in [-0.3, -0.25) is 4.79 Å². The molecule has 0 saturated carbocycles. The minimum Gasteiger partial charge on any atom is -0.299 e. The van der Waals surface area contributed by atoms with E-state index in [1.165, 1.54) is 41.5 Å². The fourth-order valence-corrected chi connectivity index (χ4v) is 3.38. The average Bonchev–Trinajstić information content (AvgIpc) is 3.35. The third kappa shape index (κ3) is 2.26. The summed E-state index contributed by atoms with van der Waals surface area (Å²) in [5.74, 6) is -1.88. The highest BCUT2D eigenvalue weighted by molar-refractivity contribution is 5.90. The second kappa shape index (κ2) is 5.91. The van der Waals surface area contributed by atoms with Crippen LogP contribution in [-0.4, -0.2) is 11.4 Å². The van der Waals surface area contributed by atoms with E-state index in [0.717, 1.165) is 0 Å². The van der Waals surface area contributed by atoms with Crippen LogP contribution in [-0.2, 0) is 4.79 Å². The van der Waals surface area contributed by atoms with Gasteiger partial charge in [0.05, 0.1) is 41.2 Å². The van der Waals surface area contributed by atoms with Crippen LogP contribution in [0.2, 0.25) is 0 Å². The average molecular weight is 349 g/mol. The SMILES string of the molecule is CC(C(=O)C(C)(C)C(C#N)(C#N)C1(C)N=N1)C(C#N)(C#N)C(C)(C)C#N. The molecule has 0 spiro atoms. The number of carbonyl (C=O) groups is 1. The molecule has 1 aliphatic heterocycles. The van der Waals surface area contributed by atoms with Crippen LogP contribution in [0.3, 0.4) is 0 Å². The van der Waals surface area contributed by atoms with E-state index in [4.69, 9.17) is 0 Å². The lowest BCUT2D eigenvalue weighted by atomic mass is 9.53. The van der Waals surface area contributed by atoms with Gasteiger partial charge in [0, 0.05) is 5.92 Å². The van der Waals surface area contributed by atoms with Crippen LogP contribution < -0.4 is 0 Å². The fourth-order valence-electron chi connectivity index (χ4n) is 3.38. The Balaban J connectivity index is 3.59. The van der Waals surface area contributed by atoms with Crippen molar-refractivity contribution in [1.29, 1.82) is 26.3 Å². The van der Waals surface area contributed by atoms with Gasteiger partial charge in [-0.15, -0.1) is 0 Å². The molecule has 132 valence electrons. The summed E-state index contributed by atoms with van der Waals surface area (Å²) in [6, 6.07) is 9.35. The second-order valence-corrected chi connectivity index (χ2v) is 7.67. The first-order valence-corrected chi connectivity index (χ1v) is 7.87. The lowest BCUT2D eigenvalue weighted by Crippen LogP contribution is -2.55. The molecule has 0 aliphatic carbocycles. The molecule has 1 atom stereocenters. The van der Waals surface area contributed by atoms with Gasteiger partial charge < -0.3 is 0 Å². The maximum absolute atomic E-state index is 13.3. The van der Waals surface area contributed by atoms with E-state index in [0.29, 0.717) is 0 Å². The molecular weight excluding hydrogens is 330 g/mol. The topological polar surface area (TPSA) is 161 Å². The van der Waals surface area contributed by atoms with E-state index < -0.39 is 39.0 Å². The summed E-state index contributed by atoms with van der Waals surface area (Å²) in [5, 5.41) is 55.7. The molecule has 0 aromatic heterocycles. The number of nitrogens with zero attached hydrogens (tertiary/aromatic N) is 7. The van der Waals surface area contributed by atoms with E-state index in [1.54, 1.807) is 0 Å². The number of carbonyl (C=O) groups excluding carboxylic acids is 1. The first kappa shape index (κ1) is 20.8. The zero-order valence-electron chi connectivity index (χ0n) is 15.6. The van der Waals surface area contributed by atoms with Crippen molar-refractivity contribution >= 4 is 5.78 Å². The summed E-state index contributed by atoms with van der Waals surface area (Å²) in [6.45, 7) is 8.48. The monoisotopic (exact) mass is 349 g/mol. The molecule has 1 heterocycles. The van der Waals surface area contributed by atoms with Crippen molar-refractivity contribution in [3.8, 4) is 30.3 Å². The molecule has 1 aliphatic rings. The second-order valence-electron chi connectivity index (χ2n) is 7.67. The molecule has 0 bridgehead atoms. The summed E-state index contributed by atoms with van der Waals surface area (Å²) in [5.41, 5.74) is -8.27. The van der Waals surface area contributed by atoms with Crippen molar-refractivity contribution in [2.45, 2.75) is 47.2 Å². The number of hydrogen-bond donors (Lipinski definition) is 0. The van der Waals surface area contributed by atoms with E-state index in [2.05, 4.69) is 10.2 Å². The standard InChI is InChI=1S/C18H19N7O/c1-12(17(8-20,9-21)14(2,3)7-19)13(26)15(4,5)18(10-22,11-23)16(6)24-25-16/h12H,1-6H3. The van der Waals surface area contributed by atoms with Gasteiger partial charge in [-0.1, -0.05) is 20.8 Å². The molecule has 1 unspecified atom stereocenters. The van der Waals surface area contributed by atoms with Crippen LogP contribution in [0.1, 0.15) is 41.5 Å². The molecule has 0 aromatic rings. The molecule has 0 aromatic carbocycles. The molecule has 0 amide bonds. The fraction of sp³-hybridized carbons (Fsp3) is 0.667. The van der Waals surface area contributed by atoms with Crippen LogP contribution >= 0.6 is 0 Å².